The van der Waals surface area contributed by atoms with E-state index in [2.05, 4.69) is 24.3 Å². The van der Waals surface area contributed by atoms with Crippen LogP contribution in [-0.2, 0) is 9.59 Å². The molecular weight excluding hydrogens is 394 g/mol. The topological polar surface area (TPSA) is 37.4 Å². The molecule has 3 aromatic carbocycles. The maximum absolute atomic E-state index is 13.7. The van der Waals surface area contributed by atoms with Crippen LogP contribution in [0.5, 0.6) is 0 Å². The first-order chi connectivity index (χ1) is 14.6. The summed E-state index contributed by atoms with van der Waals surface area (Å²) in [5.41, 5.74) is 2.87. The van der Waals surface area contributed by atoms with Gasteiger partial charge in [0.2, 0.25) is 11.8 Å². The molecule has 150 valence electrons. The molecule has 1 aliphatic carbocycles. The fourth-order valence-electron chi connectivity index (χ4n) is 5.27. The molecule has 1 saturated carbocycles. The van der Waals surface area contributed by atoms with E-state index in [0.29, 0.717) is 10.7 Å². The molecule has 5 rings (SSSR count). The van der Waals surface area contributed by atoms with Gasteiger partial charge in [-0.05, 0) is 60.1 Å². The number of carbonyl (C=O) groups is 2. The number of carbonyl (C=O) groups excluding carboxylic acids is 2. The van der Waals surface area contributed by atoms with Crippen molar-refractivity contribution in [1.29, 1.82) is 0 Å². The summed E-state index contributed by atoms with van der Waals surface area (Å²) in [4.78, 5) is 28.7. The summed E-state index contributed by atoms with van der Waals surface area (Å²) >= 11 is 6.03. The second kappa shape index (κ2) is 7.73. The minimum Gasteiger partial charge on any atom is -0.274 e. The predicted octanol–water partition coefficient (Wildman–Crippen LogP) is 5.81. The molecule has 1 heterocycles. The number of amides is 2. The number of benzene rings is 3. The van der Waals surface area contributed by atoms with Gasteiger partial charge in [-0.1, -0.05) is 72.3 Å². The van der Waals surface area contributed by atoms with Gasteiger partial charge in [-0.3, -0.25) is 14.5 Å². The molecule has 1 aliphatic heterocycles. The van der Waals surface area contributed by atoms with Crippen LogP contribution in [-0.4, -0.2) is 11.8 Å². The molecule has 4 heteroatoms. The number of hydrogen-bond acceptors (Lipinski definition) is 2. The van der Waals surface area contributed by atoms with Gasteiger partial charge in [-0.25, -0.2) is 0 Å². The normalized spacial score (nSPS) is 26.0. The van der Waals surface area contributed by atoms with Crippen LogP contribution in [0.15, 0.2) is 84.9 Å². The zero-order chi connectivity index (χ0) is 20.7. The van der Waals surface area contributed by atoms with E-state index in [1.807, 2.05) is 36.4 Å². The third kappa shape index (κ3) is 3.14. The summed E-state index contributed by atoms with van der Waals surface area (Å²) in [6.45, 7) is 0. The second-order valence-electron chi connectivity index (χ2n) is 8.15. The van der Waals surface area contributed by atoms with E-state index in [9.17, 15) is 9.59 Å². The highest BCUT2D eigenvalue weighted by molar-refractivity contribution is 6.30. The third-order valence-corrected chi connectivity index (χ3v) is 6.85. The summed E-state index contributed by atoms with van der Waals surface area (Å²) in [7, 11) is 0. The zero-order valence-corrected chi connectivity index (χ0v) is 17.2. The van der Waals surface area contributed by atoms with E-state index < -0.39 is 0 Å². The lowest BCUT2D eigenvalue weighted by Crippen LogP contribution is -2.34. The second-order valence-corrected chi connectivity index (χ2v) is 8.59. The van der Waals surface area contributed by atoms with E-state index in [1.165, 1.54) is 4.90 Å². The van der Waals surface area contributed by atoms with Crippen molar-refractivity contribution in [2.45, 2.75) is 24.7 Å². The average molecular weight is 416 g/mol. The largest absolute Gasteiger partial charge is 0.274 e. The van der Waals surface area contributed by atoms with Crippen molar-refractivity contribution in [3.63, 3.8) is 0 Å². The molecule has 2 aliphatic rings. The van der Waals surface area contributed by atoms with E-state index in [1.54, 1.807) is 24.3 Å². The smallest absolute Gasteiger partial charge is 0.238 e. The van der Waals surface area contributed by atoms with Crippen LogP contribution in [0.3, 0.4) is 0 Å². The summed E-state index contributed by atoms with van der Waals surface area (Å²) < 4.78 is 0. The van der Waals surface area contributed by atoms with Crippen molar-refractivity contribution in [3.05, 3.63) is 101 Å². The van der Waals surface area contributed by atoms with Gasteiger partial charge in [0.05, 0.1) is 17.5 Å². The average Bonchev–Trinajstić information content (AvgIpc) is 3.06. The Bertz CT molecular complexity index is 1000. The van der Waals surface area contributed by atoms with Crippen molar-refractivity contribution < 1.29 is 9.59 Å². The van der Waals surface area contributed by atoms with Gasteiger partial charge in [-0.2, -0.15) is 0 Å². The molecule has 1 saturated heterocycles. The third-order valence-electron chi connectivity index (χ3n) is 6.59. The highest BCUT2D eigenvalue weighted by Crippen LogP contribution is 2.53. The number of fused-ring (bicyclic) bond motifs is 1. The summed E-state index contributed by atoms with van der Waals surface area (Å²) in [6.07, 6.45) is 1.77. The summed E-state index contributed by atoms with van der Waals surface area (Å²) in [6, 6.07) is 27.3. The highest BCUT2D eigenvalue weighted by atomic mass is 35.5. The first-order valence-corrected chi connectivity index (χ1v) is 10.8. The molecule has 0 unspecified atom stereocenters. The molecule has 2 amide bonds. The molecule has 0 aromatic heterocycles. The first-order valence-electron chi connectivity index (χ1n) is 10.4. The quantitative estimate of drug-likeness (QED) is 0.506. The van der Waals surface area contributed by atoms with E-state index >= 15 is 0 Å². The Kier molecular flexibility index (Phi) is 4.92. The number of hydrogen-bond donors (Lipinski definition) is 0. The van der Waals surface area contributed by atoms with Gasteiger partial charge in [-0.15, -0.1) is 0 Å². The predicted molar refractivity (Wildman–Crippen MR) is 119 cm³/mol. The Balaban J connectivity index is 1.60. The highest BCUT2D eigenvalue weighted by Gasteiger charge is 2.56. The first kappa shape index (κ1) is 19.1. The van der Waals surface area contributed by atoms with Crippen molar-refractivity contribution in [1.82, 2.24) is 0 Å². The van der Waals surface area contributed by atoms with Crippen molar-refractivity contribution >= 4 is 29.1 Å². The number of imide groups is 1. The van der Waals surface area contributed by atoms with Crippen LogP contribution >= 0.6 is 11.6 Å². The van der Waals surface area contributed by atoms with Crippen molar-refractivity contribution in [2.75, 3.05) is 4.90 Å². The van der Waals surface area contributed by atoms with E-state index in [0.717, 1.165) is 24.0 Å². The minimum atomic E-state index is -0.352. The lowest BCUT2D eigenvalue weighted by molar-refractivity contribution is -0.122. The van der Waals surface area contributed by atoms with Gasteiger partial charge >= 0.3 is 0 Å². The number of halogens is 1. The summed E-state index contributed by atoms with van der Waals surface area (Å²) in [5.74, 6) is -0.803. The van der Waals surface area contributed by atoms with Gasteiger partial charge in [0, 0.05) is 5.02 Å². The van der Waals surface area contributed by atoms with E-state index in [4.69, 9.17) is 11.6 Å². The maximum Gasteiger partial charge on any atom is 0.238 e. The fraction of sp³-hybridized carbons (Fsp3) is 0.231. The Labute approximate surface area is 181 Å². The maximum atomic E-state index is 13.7. The van der Waals surface area contributed by atoms with Gasteiger partial charge in [0.25, 0.3) is 0 Å². The lowest BCUT2D eigenvalue weighted by Gasteiger charge is -2.37. The molecule has 0 radical (unpaired) electrons. The van der Waals surface area contributed by atoms with Crippen molar-refractivity contribution in [2.24, 2.45) is 11.8 Å². The number of nitrogens with zero attached hydrogens (tertiary/aromatic N) is 1. The monoisotopic (exact) mass is 415 g/mol. The molecule has 0 spiro atoms. The van der Waals surface area contributed by atoms with Crippen LogP contribution < -0.4 is 4.90 Å². The molecular formula is C26H22ClNO2. The molecule has 3 aromatic rings. The standard InChI is InChI=1S/C26H22ClNO2/c27-19-11-13-20(14-12-19)28-25(29)23-21(17-7-3-1-4-8-17)15-16-22(24(23)26(28)30)18-9-5-2-6-10-18/h1-14,21-24H,15-16H2/t21-,22-,23-,24+/m1/s1. The van der Waals surface area contributed by atoms with Gasteiger partial charge < -0.3 is 0 Å². The molecule has 0 N–H and O–H groups in total. The fourth-order valence-corrected chi connectivity index (χ4v) is 5.40. The number of rotatable bonds is 3. The molecule has 3 nitrogen and oxygen atoms in total. The Morgan fingerprint density at radius 2 is 1.07 bits per heavy atom. The Morgan fingerprint density at radius 1 is 0.633 bits per heavy atom. The Hall–Kier alpha value is -2.91. The molecule has 30 heavy (non-hydrogen) atoms. The zero-order valence-electron chi connectivity index (χ0n) is 16.4. The number of anilines is 1. The minimum absolute atomic E-state index is 0.0462. The van der Waals surface area contributed by atoms with Crippen LogP contribution in [0, 0.1) is 11.8 Å². The van der Waals surface area contributed by atoms with E-state index in [-0.39, 0.29) is 35.5 Å². The molecule has 0 bridgehead atoms. The molecule has 2 fully saturated rings. The van der Waals surface area contributed by atoms with Gasteiger partial charge in [0.15, 0.2) is 0 Å². The molecule has 4 atom stereocenters. The van der Waals surface area contributed by atoms with Crippen LogP contribution in [0.4, 0.5) is 5.69 Å². The van der Waals surface area contributed by atoms with Crippen LogP contribution in [0.25, 0.3) is 0 Å². The lowest BCUT2D eigenvalue weighted by atomic mass is 9.64. The van der Waals surface area contributed by atoms with Crippen molar-refractivity contribution in [3.8, 4) is 0 Å². The SMILES string of the molecule is O=C1[C@@H]2[C@H](C(=O)N1c1ccc(Cl)cc1)[C@@H](c1ccccc1)CC[C@@H]2c1ccccc1. The van der Waals surface area contributed by atoms with Crippen LogP contribution in [0.2, 0.25) is 5.02 Å². The summed E-state index contributed by atoms with van der Waals surface area (Å²) in [5, 5.41) is 0.583. The van der Waals surface area contributed by atoms with Crippen LogP contribution in [0.1, 0.15) is 35.8 Å². The Morgan fingerprint density at radius 3 is 1.50 bits per heavy atom. The van der Waals surface area contributed by atoms with Gasteiger partial charge in [0.1, 0.15) is 0 Å².